The van der Waals surface area contributed by atoms with Crippen molar-refractivity contribution in [3.8, 4) is 11.3 Å². The van der Waals surface area contributed by atoms with E-state index in [4.69, 9.17) is 4.42 Å². The topological polar surface area (TPSA) is 75.4 Å². The van der Waals surface area contributed by atoms with Crippen LogP contribution in [0.5, 0.6) is 0 Å². The van der Waals surface area contributed by atoms with Crippen LogP contribution in [0.4, 0.5) is 10.8 Å². The first-order chi connectivity index (χ1) is 13.0. The number of thiazole rings is 1. The molecule has 2 amide bonds. The second-order valence-corrected chi connectivity index (χ2v) is 7.57. The summed E-state index contributed by atoms with van der Waals surface area (Å²) in [5.74, 6) is 0.0597. The molecule has 0 radical (unpaired) electrons. The summed E-state index contributed by atoms with van der Waals surface area (Å²) in [4.78, 5) is 30.8. The second-order valence-electron chi connectivity index (χ2n) is 6.71. The summed E-state index contributed by atoms with van der Waals surface area (Å²) in [6, 6.07) is 9.31. The molecule has 27 heavy (non-hydrogen) atoms. The SMILES string of the molecule is CC(C)C(=O)N1CCc2cc(-c3csc(NC(=O)c4ccco4)n3)ccc21. The van der Waals surface area contributed by atoms with E-state index in [1.807, 2.05) is 36.3 Å². The Morgan fingerprint density at radius 3 is 2.89 bits per heavy atom. The fourth-order valence-electron chi connectivity index (χ4n) is 3.13. The first kappa shape index (κ1) is 17.5. The van der Waals surface area contributed by atoms with Crippen molar-refractivity contribution in [3.63, 3.8) is 0 Å². The van der Waals surface area contributed by atoms with Crippen molar-refractivity contribution < 1.29 is 14.0 Å². The Kier molecular flexibility index (Phi) is 4.53. The van der Waals surface area contributed by atoms with Crippen LogP contribution in [-0.2, 0) is 11.2 Å². The highest BCUT2D eigenvalue weighted by Gasteiger charge is 2.26. The molecule has 0 saturated carbocycles. The number of nitrogens with zero attached hydrogens (tertiary/aromatic N) is 2. The van der Waals surface area contributed by atoms with E-state index < -0.39 is 0 Å². The minimum atomic E-state index is -0.322. The molecule has 1 aromatic carbocycles. The molecule has 1 N–H and O–H groups in total. The largest absolute Gasteiger partial charge is 0.459 e. The van der Waals surface area contributed by atoms with E-state index in [0.29, 0.717) is 5.13 Å². The smallest absolute Gasteiger partial charge is 0.293 e. The van der Waals surface area contributed by atoms with Crippen molar-refractivity contribution in [1.29, 1.82) is 0 Å². The summed E-state index contributed by atoms with van der Waals surface area (Å²) in [6.45, 7) is 4.56. The van der Waals surface area contributed by atoms with Crippen LogP contribution in [0.25, 0.3) is 11.3 Å². The zero-order valence-electron chi connectivity index (χ0n) is 15.1. The van der Waals surface area contributed by atoms with Gasteiger partial charge in [-0.15, -0.1) is 11.3 Å². The minimum absolute atomic E-state index is 0.0190. The summed E-state index contributed by atoms with van der Waals surface area (Å²) >= 11 is 1.36. The predicted octanol–water partition coefficient (Wildman–Crippen LogP) is 4.20. The van der Waals surface area contributed by atoms with Crippen LogP contribution in [0.2, 0.25) is 0 Å². The van der Waals surface area contributed by atoms with E-state index in [2.05, 4.69) is 16.4 Å². The Labute approximate surface area is 160 Å². The van der Waals surface area contributed by atoms with Crippen molar-refractivity contribution in [1.82, 2.24) is 4.98 Å². The number of benzene rings is 1. The lowest BCUT2D eigenvalue weighted by molar-refractivity contribution is -0.121. The molecule has 0 atom stereocenters. The van der Waals surface area contributed by atoms with Gasteiger partial charge >= 0.3 is 0 Å². The third kappa shape index (κ3) is 3.38. The standard InChI is InChI=1S/C20H19N3O3S/c1-12(2)19(25)23-8-7-14-10-13(5-6-16(14)23)15-11-27-20(21-15)22-18(24)17-4-3-9-26-17/h3-6,9-12H,7-8H2,1-2H3,(H,21,22,24). The number of hydrogen-bond acceptors (Lipinski definition) is 5. The number of carbonyl (C=O) groups excluding carboxylic acids is 2. The number of amides is 2. The van der Waals surface area contributed by atoms with Gasteiger partial charge in [0.2, 0.25) is 5.91 Å². The lowest BCUT2D eigenvalue weighted by Gasteiger charge is -2.19. The zero-order chi connectivity index (χ0) is 19.0. The molecule has 3 heterocycles. The summed E-state index contributed by atoms with van der Waals surface area (Å²) in [5.41, 5.74) is 3.91. The predicted molar refractivity (Wildman–Crippen MR) is 105 cm³/mol. The average Bonchev–Trinajstić information content (AvgIpc) is 3.40. The van der Waals surface area contributed by atoms with Crippen molar-refractivity contribution in [3.05, 3.63) is 53.3 Å². The molecule has 0 unspecified atom stereocenters. The molecule has 6 nitrogen and oxygen atoms in total. The van der Waals surface area contributed by atoms with Crippen LogP contribution in [0, 0.1) is 5.92 Å². The Balaban J connectivity index is 1.53. The van der Waals surface area contributed by atoms with Gasteiger partial charge in [0.25, 0.3) is 5.91 Å². The zero-order valence-corrected chi connectivity index (χ0v) is 15.9. The monoisotopic (exact) mass is 381 g/mol. The molecule has 138 valence electrons. The molecule has 0 saturated heterocycles. The first-order valence-corrected chi connectivity index (χ1v) is 9.66. The van der Waals surface area contributed by atoms with Gasteiger partial charge in [-0.3, -0.25) is 14.9 Å². The number of nitrogens with one attached hydrogen (secondary N) is 1. The maximum absolute atomic E-state index is 12.3. The van der Waals surface area contributed by atoms with Crippen molar-refractivity contribution >= 4 is 34.0 Å². The lowest BCUT2D eigenvalue weighted by atomic mass is 10.1. The summed E-state index contributed by atoms with van der Waals surface area (Å²) < 4.78 is 5.09. The minimum Gasteiger partial charge on any atom is -0.459 e. The third-order valence-corrected chi connectivity index (χ3v) is 5.26. The van der Waals surface area contributed by atoms with Crippen LogP contribution < -0.4 is 10.2 Å². The Morgan fingerprint density at radius 2 is 2.15 bits per heavy atom. The molecule has 0 bridgehead atoms. The quantitative estimate of drug-likeness (QED) is 0.735. The number of carbonyl (C=O) groups is 2. The van der Waals surface area contributed by atoms with Crippen molar-refractivity contribution in [2.45, 2.75) is 20.3 Å². The Morgan fingerprint density at radius 1 is 1.30 bits per heavy atom. The van der Waals surface area contributed by atoms with E-state index >= 15 is 0 Å². The van der Waals surface area contributed by atoms with E-state index in [9.17, 15) is 9.59 Å². The normalized spacial score (nSPS) is 13.1. The highest BCUT2D eigenvalue weighted by atomic mass is 32.1. The highest BCUT2D eigenvalue weighted by molar-refractivity contribution is 7.14. The van der Waals surface area contributed by atoms with Crippen molar-refractivity contribution in [2.24, 2.45) is 5.92 Å². The number of aromatic nitrogens is 1. The van der Waals surface area contributed by atoms with E-state index in [1.165, 1.54) is 17.6 Å². The molecule has 1 aliphatic rings. The Bertz CT molecular complexity index is 992. The molecule has 2 aromatic heterocycles. The summed E-state index contributed by atoms with van der Waals surface area (Å²) in [7, 11) is 0. The van der Waals surface area contributed by atoms with Gasteiger partial charge in [0.1, 0.15) is 0 Å². The highest BCUT2D eigenvalue weighted by Crippen LogP contribution is 2.34. The van der Waals surface area contributed by atoms with Gasteiger partial charge in [0, 0.05) is 29.1 Å². The van der Waals surface area contributed by atoms with E-state index in [-0.39, 0.29) is 23.5 Å². The van der Waals surface area contributed by atoms with Gasteiger partial charge < -0.3 is 9.32 Å². The molecular formula is C20H19N3O3S. The summed E-state index contributed by atoms with van der Waals surface area (Å²) in [5, 5.41) is 5.17. The maximum atomic E-state index is 12.3. The third-order valence-electron chi connectivity index (χ3n) is 4.50. The lowest BCUT2D eigenvalue weighted by Crippen LogP contribution is -2.32. The van der Waals surface area contributed by atoms with Crippen molar-refractivity contribution in [2.75, 3.05) is 16.8 Å². The van der Waals surface area contributed by atoms with Gasteiger partial charge in [-0.1, -0.05) is 19.9 Å². The maximum Gasteiger partial charge on any atom is 0.293 e. The molecule has 4 rings (SSSR count). The molecule has 0 aliphatic carbocycles. The molecular weight excluding hydrogens is 362 g/mol. The van der Waals surface area contributed by atoms with Crippen LogP contribution in [0.1, 0.15) is 30.0 Å². The molecule has 0 spiro atoms. The van der Waals surface area contributed by atoms with Gasteiger partial charge in [0.05, 0.1) is 12.0 Å². The number of furan rings is 1. The van der Waals surface area contributed by atoms with Crippen LogP contribution in [0.3, 0.4) is 0 Å². The second kappa shape index (κ2) is 7.00. The van der Waals surface area contributed by atoms with Crippen LogP contribution in [-0.4, -0.2) is 23.3 Å². The number of hydrogen-bond donors (Lipinski definition) is 1. The molecule has 7 heteroatoms. The number of fused-ring (bicyclic) bond motifs is 1. The van der Waals surface area contributed by atoms with Gasteiger partial charge in [-0.05, 0) is 36.2 Å². The van der Waals surface area contributed by atoms with Gasteiger partial charge in [-0.2, -0.15) is 0 Å². The fourth-order valence-corrected chi connectivity index (χ4v) is 3.85. The van der Waals surface area contributed by atoms with E-state index in [0.717, 1.165) is 35.5 Å². The molecule has 1 aliphatic heterocycles. The number of rotatable bonds is 4. The molecule has 3 aromatic rings. The van der Waals surface area contributed by atoms with Crippen LogP contribution >= 0.6 is 11.3 Å². The first-order valence-electron chi connectivity index (χ1n) is 8.78. The van der Waals surface area contributed by atoms with Gasteiger partial charge in [-0.25, -0.2) is 4.98 Å². The van der Waals surface area contributed by atoms with Gasteiger partial charge in [0.15, 0.2) is 10.9 Å². The molecule has 0 fully saturated rings. The Hall–Kier alpha value is -2.93. The fraction of sp³-hybridized carbons (Fsp3) is 0.250. The average molecular weight is 381 g/mol. The van der Waals surface area contributed by atoms with Crippen LogP contribution in [0.15, 0.2) is 46.4 Å². The van der Waals surface area contributed by atoms with E-state index in [1.54, 1.807) is 12.1 Å². The summed E-state index contributed by atoms with van der Waals surface area (Å²) in [6.07, 6.45) is 2.30. The number of anilines is 2.